The zero-order valence-corrected chi connectivity index (χ0v) is 17.0. The van der Waals surface area contributed by atoms with Crippen molar-refractivity contribution in [2.75, 3.05) is 26.8 Å². The third-order valence-electron chi connectivity index (χ3n) is 6.05. The monoisotopic (exact) mass is 426 g/mol. The van der Waals surface area contributed by atoms with E-state index in [1.807, 2.05) is 0 Å². The van der Waals surface area contributed by atoms with Crippen molar-refractivity contribution in [3.05, 3.63) is 35.4 Å². The van der Waals surface area contributed by atoms with Gasteiger partial charge in [0, 0.05) is 45.7 Å². The number of amides is 3. The van der Waals surface area contributed by atoms with E-state index in [0.717, 1.165) is 17.0 Å². The van der Waals surface area contributed by atoms with Gasteiger partial charge in [-0.2, -0.15) is 13.2 Å². The highest BCUT2D eigenvalue weighted by molar-refractivity contribution is 6.10. The highest BCUT2D eigenvalue weighted by Crippen LogP contribution is 2.42. The molecular weight excluding hydrogens is 401 g/mol. The van der Waals surface area contributed by atoms with Crippen molar-refractivity contribution in [2.45, 2.75) is 50.2 Å². The molecule has 2 aliphatic rings. The fraction of sp³-hybridized carbons (Fsp3) is 0.571. The largest absolute Gasteiger partial charge is 0.416 e. The van der Waals surface area contributed by atoms with Gasteiger partial charge < -0.3 is 9.64 Å². The lowest BCUT2D eigenvalue weighted by atomic mass is 9.75. The van der Waals surface area contributed by atoms with Gasteiger partial charge in [0.1, 0.15) is 0 Å². The lowest BCUT2D eigenvalue weighted by molar-refractivity contribution is -0.143. The molecule has 30 heavy (non-hydrogen) atoms. The van der Waals surface area contributed by atoms with Crippen molar-refractivity contribution in [2.24, 2.45) is 0 Å². The molecule has 1 atom stereocenters. The predicted octanol–water partition coefficient (Wildman–Crippen LogP) is 2.75. The molecule has 0 radical (unpaired) electrons. The van der Waals surface area contributed by atoms with E-state index in [9.17, 15) is 27.6 Å². The van der Waals surface area contributed by atoms with Crippen molar-refractivity contribution in [3.8, 4) is 0 Å². The molecule has 2 heterocycles. The third-order valence-corrected chi connectivity index (χ3v) is 6.05. The number of benzene rings is 1. The normalized spacial score (nSPS) is 23.2. The van der Waals surface area contributed by atoms with Crippen molar-refractivity contribution in [1.82, 2.24) is 9.80 Å². The summed E-state index contributed by atoms with van der Waals surface area (Å²) < 4.78 is 45.1. The van der Waals surface area contributed by atoms with Crippen molar-refractivity contribution in [3.63, 3.8) is 0 Å². The van der Waals surface area contributed by atoms with Crippen LogP contribution in [-0.2, 0) is 30.7 Å². The standard InChI is InChI=1S/C21H25F3N2O4/c1-3-26-18(28)13-20(19(26)29,14-5-4-6-15(11-14)21(22,23)24)12-17(27)25(2)16-7-9-30-10-8-16/h4-6,11,16H,3,7-10,12-13H2,1-2H3/t20-/m0/s1. The molecule has 2 fully saturated rings. The maximum Gasteiger partial charge on any atom is 0.416 e. The quantitative estimate of drug-likeness (QED) is 0.679. The van der Waals surface area contributed by atoms with Crippen molar-refractivity contribution < 1.29 is 32.3 Å². The summed E-state index contributed by atoms with van der Waals surface area (Å²) in [5.74, 6) is -1.48. The van der Waals surface area contributed by atoms with E-state index in [4.69, 9.17) is 4.74 Å². The molecule has 3 amide bonds. The van der Waals surface area contributed by atoms with E-state index < -0.39 is 29.0 Å². The van der Waals surface area contributed by atoms with Gasteiger partial charge in [-0.05, 0) is 31.4 Å². The molecule has 3 rings (SSSR count). The Bertz CT molecular complexity index is 836. The summed E-state index contributed by atoms with van der Waals surface area (Å²) in [4.78, 5) is 41.3. The Morgan fingerprint density at radius 3 is 2.50 bits per heavy atom. The Balaban J connectivity index is 1.99. The average Bonchev–Trinajstić information content (AvgIpc) is 2.97. The van der Waals surface area contributed by atoms with E-state index in [-0.39, 0.29) is 36.9 Å². The van der Waals surface area contributed by atoms with Gasteiger partial charge in [0.05, 0.1) is 11.0 Å². The van der Waals surface area contributed by atoms with Crippen LogP contribution in [0.4, 0.5) is 13.2 Å². The fourth-order valence-corrected chi connectivity index (χ4v) is 4.24. The predicted molar refractivity (Wildman–Crippen MR) is 101 cm³/mol. The molecule has 0 spiro atoms. The summed E-state index contributed by atoms with van der Waals surface area (Å²) in [6, 6.07) is 4.32. The molecule has 9 heteroatoms. The van der Waals surface area contributed by atoms with Crippen LogP contribution < -0.4 is 0 Å². The minimum Gasteiger partial charge on any atom is -0.381 e. The number of carbonyl (C=O) groups is 3. The van der Waals surface area contributed by atoms with Gasteiger partial charge >= 0.3 is 6.18 Å². The summed E-state index contributed by atoms with van der Waals surface area (Å²) in [6.45, 7) is 2.75. The summed E-state index contributed by atoms with van der Waals surface area (Å²) in [5.41, 5.74) is -2.51. The molecule has 0 aromatic heterocycles. The number of imide groups is 1. The second-order valence-corrected chi connectivity index (χ2v) is 7.81. The lowest BCUT2D eigenvalue weighted by Crippen LogP contribution is -2.46. The molecular formula is C21H25F3N2O4. The summed E-state index contributed by atoms with van der Waals surface area (Å²) in [5, 5.41) is 0. The van der Waals surface area contributed by atoms with E-state index in [1.165, 1.54) is 17.0 Å². The zero-order valence-electron chi connectivity index (χ0n) is 17.0. The van der Waals surface area contributed by atoms with E-state index >= 15 is 0 Å². The molecule has 2 saturated heterocycles. The number of likely N-dealkylation sites (N-methyl/N-ethyl adjacent to an activating group) is 1. The van der Waals surface area contributed by atoms with E-state index in [1.54, 1.807) is 14.0 Å². The first kappa shape index (κ1) is 22.3. The highest BCUT2D eigenvalue weighted by atomic mass is 19.4. The minimum absolute atomic E-state index is 0.0420. The maximum absolute atomic E-state index is 13.3. The van der Waals surface area contributed by atoms with Crippen LogP contribution in [0.1, 0.15) is 43.7 Å². The number of hydrogen-bond acceptors (Lipinski definition) is 4. The Morgan fingerprint density at radius 2 is 1.93 bits per heavy atom. The summed E-state index contributed by atoms with van der Waals surface area (Å²) >= 11 is 0. The SMILES string of the molecule is CCN1C(=O)C[C@@](CC(=O)N(C)C2CCOCC2)(c2cccc(C(F)(F)F)c2)C1=O. The number of likely N-dealkylation sites (tertiary alicyclic amines) is 1. The smallest absolute Gasteiger partial charge is 0.381 e. The minimum atomic E-state index is -4.60. The molecule has 0 aliphatic carbocycles. The van der Waals surface area contributed by atoms with Gasteiger partial charge in [-0.1, -0.05) is 18.2 Å². The van der Waals surface area contributed by atoms with Gasteiger partial charge in [-0.3, -0.25) is 19.3 Å². The highest BCUT2D eigenvalue weighted by Gasteiger charge is 2.54. The molecule has 0 N–H and O–H groups in total. The lowest BCUT2D eigenvalue weighted by Gasteiger charge is -2.34. The van der Waals surface area contributed by atoms with Crippen LogP contribution in [-0.4, -0.2) is 60.4 Å². The number of nitrogens with zero attached hydrogens (tertiary/aromatic N) is 2. The van der Waals surface area contributed by atoms with Crippen molar-refractivity contribution >= 4 is 17.7 Å². The van der Waals surface area contributed by atoms with E-state index in [2.05, 4.69) is 0 Å². The number of rotatable bonds is 5. The van der Waals surface area contributed by atoms with E-state index in [0.29, 0.717) is 26.1 Å². The van der Waals surface area contributed by atoms with Crippen LogP contribution in [0.25, 0.3) is 0 Å². The second kappa shape index (κ2) is 8.37. The molecule has 6 nitrogen and oxygen atoms in total. The average molecular weight is 426 g/mol. The molecule has 164 valence electrons. The van der Waals surface area contributed by atoms with Gasteiger partial charge in [0.25, 0.3) is 0 Å². The summed E-state index contributed by atoms with van der Waals surface area (Å²) in [6.07, 6.45) is -3.99. The molecule has 1 aromatic carbocycles. The fourth-order valence-electron chi connectivity index (χ4n) is 4.24. The second-order valence-electron chi connectivity index (χ2n) is 7.81. The Morgan fingerprint density at radius 1 is 1.27 bits per heavy atom. The van der Waals surface area contributed by atoms with Crippen LogP contribution in [0, 0.1) is 0 Å². The summed E-state index contributed by atoms with van der Waals surface area (Å²) in [7, 11) is 1.62. The third kappa shape index (κ3) is 4.08. The number of alkyl halides is 3. The van der Waals surface area contributed by atoms with Gasteiger partial charge in [0.2, 0.25) is 17.7 Å². The van der Waals surface area contributed by atoms with Crippen molar-refractivity contribution in [1.29, 1.82) is 0 Å². The molecule has 1 aromatic rings. The number of carbonyl (C=O) groups excluding carboxylic acids is 3. The van der Waals surface area contributed by atoms with Crippen LogP contribution in [0.2, 0.25) is 0 Å². The Kier molecular flexibility index (Phi) is 6.21. The van der Waals surface area contributed by atoms with Gasteiger partial charge in [-0.15, -0.1) is 0 Å². The van der Waals surface area contributed by atoms with Crippen LogP contribution in [0.3, 0.4) is 0 Å². The Hall–Kier alpha value is -2.42. The van der Waals surface area contributed by atoms with Gasteiger partial charge in [0.15, 0.2) is 0 Å². The van der Waals surface area contributed by atoms with Gasteiger partial charge in [-0.25, -0.2) is 0 Å². The number of ether oxygens (including phenoxy) is 1. The van der Waals surface area contributed by atoms with Crippen LogP contribution in [0.5, 0.6) is 0 Å². The first-order valence-electron chi connectivity index (χ1n) is 9.96. The van der Waals surface area contributed by atoms with Crippen LogP contribution in [0.15, 0.2) is 24.3 Å². The molecule has 2 aliphatic heterocycles. The molecule has 0 unspecified atom stereocenters. The maximum atomic E-state index is 13.3. The zero-order chi connectivity index (χ0) is 22.1. The molecule has 0 bridgehead atoms. The van der Waals surface area contributed by atoms with Crippen LogP contribution >= 0.6 is 0 Å². The number of hydrogen-bond donors (Lipinski definition) is 0. The molecule has 0 saturated carbocycles. The first-order valence-corrected chi connectivity index (χ1v) is 9.96. The number of halogens is 3. The Labute approximate surface area is 173 Å². The first-order chi connectivity index (χ1) is 14.1. The topological polar surface area (TPSA) is 66.9 Å².